The number of imidazole rings is 1. The molecular formula is C23H23N2+. The molecule has 1 aromatic heterocycles. The molecule has 1 heterocycles. The summed E-state index contributed by atoms with van der Waals surface area (Å²) < 4.78 is 4.69. The quantitative estimate of drug-likeness (QED) is 0.483. The Balaban J connectivity index is 1.72. The second-order valence-corrected chi connectivity index (χ2v) is 6.83. The minimum Gasteiger partial charge on any atom is -0.226 e. The molecule has 0 N–H and O–H groups in total. The van der Waals surface area contributed by atoms with Gasteiger partial charge in [0.05, 0.1) is 0 Å². The highest BCUT2D eigenvalue weighted by Gasteiger charge is 2.15. The van der Waals surface area contributed by atoms with Gasteiger partial charge in [0.1, 0.15) is 13.1 Å². The van der Waals surface area contributed by atoms with Crippen LogP contribution in [-0.4, -0.2) is 4.57 Å². The van der Waals surface area contributed by atoms with Crippen LogP contribution in [0.2, 0.25) is 0 Å². The molecule has 124 valence electrons. The Morgan fingerprint density at radius 3 is 2.36 bits per heavy atom. The van der Waals surface area contributed by atoms with Crippen molar-refractivity contribution in [1.82, 2.24) is 4.57 Å². The molecule has 0 spiro atoms. The lowest BCUT2D eigenvalue weighted by molar-refractivity contribution is -0.663. The first-order valence-electron chi connectivity index (χ1n) is 8.77. The van der Waals surface area contributed by atoms with E-state index in [0.29, 0.717) is 0 Å². The average Bonchev–Trinajstić information content (AvgIpc) is 2.95. The van der Waals surface area contributed by atoms with Crippen LogP contribution >= 0.6 is 0 Å². The molecule has 0 aliphatic rings. The molecule has 3 aromatic carbocycles. The van der Waals surface area contributed by atoms with Gasteiger partial charge in [0, 0.05) is 0 Å². The van der Waals surface area contributed by atoms with Gasteiger partial charge in [-0.1, -0.05) is 71.8 Å². The van der Waals surface area contributed by atoms with E-state index in [9.17, 15) is 0 Å². The van der Waals surface area contributed by atoms with Gasteiger partial charge in [-0.15, -0.1) is 0 Å². The Hall–Kier alpha value is -2.87. The third-order valence-corrected chi connectivity index (χ3v) is 4.69. The number of hydrogen-bond donors (Lipinski definition) is 0. The third-order valence-electron chi connectivity index (χ3n) is 4.69. The van der Waals surface area contributed by atoms with Crippen molar-refractivity contribution in [2.75, 3.05) is 0 Å². The fourth-order valence-electron chi connectivity index (χ4n) is 3.39. The number of nitrogens with zero attached hydrogens (tertiary/aromatic N) is 2. The van der Waals surface area contributed by atoms with Gasteiger partial charge < -0.3 is 0 Å². The van der Waals surface area contributed by atoms with Gasteiger partial charge in [0.25, 0.3) is 0 Å². The predicted molar refractivity (Wildman–Crippen MR) is 103 cm³/mol. The lowest BCUT2D eigenvalue weighted by Crippen LogP contribution is -2.32. The van der Waals surface area contributed by atoms with Crippen molar-refractivity contribution in [2.24, 2.45) is 0 Å². The first kappa shape index (κ1) is 15.6. The van der Waals surface area contributed by atoms with Gasteiger partial charge in [-0.3, -0.25) is 0 Å². The Morgan fingerprint density at radius 2 is 1.56 bits per heavy atom. The molecule has 0 unspecified atom stereocenters. The van der Waals surface area contributed by atoms with Gasteiger partial charge >= 0.3 is 0 Å². The summed E-state index contributed by atoms with van der Waals surface area (Å²) in [6, 6.07) is 26.2. The molecular weight excluding hydrogens is 304 g/mol. The molecule has 0 radical (unpaired) electrons. The maximum Gasteiger partial charge on any atom is 0.245 e. The maximum atomic E-state index is 2.35. The van der Waals surface area contributed by atoms with Crippen molar-refractivity contribution in [1.29, 1.82) is 0 Å². The van der Waals surface area contributed by atoms with Crippen LogP contribution in [-0.2, 0) is 13.1 Å². The van der Waals surface area contributed by atoms with E-state index in [1.165, 1.54) is 33.3 Å². The molecule has 0 aliphatic carbocycles. The monoisotopic (exact) mass is 327 g/mol. The number of benzene rings is 3. The molecule has 2 nitrogen and oxygen atoms in total. The topological polar surface area (TPSA) is 8.81 Å². The Morgan fingerprint density at radius 1 is 0.760 bits per heavy atom. The van der Waals surface area contributed by atoms with Crippen molar-refractivity contribution >= 4 is 11.0 Å². The van der Waals surface area contributed by atoms with E-state index >= 15 is 0 Å². The highest BCUT2D eigenvalue weighted by atomic mass is 15.1. The Labute approximate surface area is 149 Å². The number of aryl methyl sites for hydroxylation is 2. The number of para-hydroxylation sites is 2. The first-order valence-corrected chi connectivity index (χ1v) is 8.77. The lowest BCUT2D eigenvalue weighted by atomic mass is 10.1. The van der Waals surface area contributed by atoms with Crippen LogP contribution in [0.15, 0.2) is 79.1 Å². The van der Waals surface area contributed by atoms with Crippen LogP contribution in [0.3, 0.4) is 0 Å². The van der Waals surface area contributed by atoms with E-state index in [0.717, 1.165) is 13.1 Å². The molecule has 4 aromatic rings. The summed E-state index contributed by atoms with van der Waals surface area (Å²) in [5.74, 6) is 0. The number of hydrogen-bond acceptors (Lipinski definition) is 0. The highest BCUT2D eigenvalue weighted by molar-refractivity contribution is 5.71. The zero-order valence-electron chi connectivity index (χ0n) is 14.8. The molecule has 0 bridgehead atoms. The van der Waals surface area contributed by atoms with Crippen LogP contribution in [0.25, 0.3) is 11.0 Å². The maximum absolute atomic E-state index is 2.35. The summed E-state index contributed by atoms with van der Waals surface area (Å²) in [5.41, 5.74) is 7.82. The standard InChI is InChI=1S/C23H23N2/c1-18-10-12-20(13-11-18)15-24-17-25(23-9-4-3-8-22(23)24)16-21-7-5-6-19(2)14-21/h3-14,17H,15-16H2,1-2H3/q+1. The summed E-state index contributed by atoms with van der Waals surface area (Å²) in [6.45, 7) is 6.06. The zero-order valence-corrected chi connectivity index (χ0v) is 14.8. The van der Waals surface area contributed by atoms with Crippen LogP contribution in [0, 0.1) is 13.8 Å². The molecule has 0 aliphatic heterocycles. The third kappa shape index (κ3) is 3.34. The number of fused-ring (bicyclic) bond motifs is 1. The summed E-state index contributed by atoms with van der Waals surface area (Å²) in [4.78, 5) is 0. The largest absolute Gasteiger partial charge is 0.245 e. The molecule has 4 rings (SSSR count). The van der Waals surface area contributed by atoms with Crippen LogP contribution < -0.4 is 4.57 Å². The van der Waals surface area contributed by atoms with E-state index in [2.05, 4.69) is 102 Å². The Bertz CT molecular complexity index is 1010. The van der Waals surface area contributed by atoms with Gasteiger partial charge in [-0.25, -0.2) is 9.13 Å². The second-order valence-electron chi connectivity index (χ2n) is 6.83. The molecule has 0 amide bonds. The molecule has 0 atom stereocenters. The van der Waals surface area contributed by atoms with Crippen molar-refractivity contribution < 1.29 is 4.57 Å². The fourth-order valence-corrected chi connectivity index (χ4v) is 3.39. The predicted octanol–water partition coefficient (Wildman–Crippen LogP) is 4.64. The first-order chi connectivity index (χ1) is 12.2. The van der Waals surface area contributed by atoms with Crippen LogP contribution in [0.4, 0.5) is 0 Å². The molecule has 0 fully saturated rings. The van der Waals surface area contributed by atoms with Gasteiger partial charge in [0.15, 0.2) is 11.0 Å². The summed E-state index contributed by atoms with van der Waals surface area (Å²) in [5, 5.41) is 0. The fraction of sp³-hybridized carbons (Fsp3) is 0.174. The van der Waals surface area contributed by atoms with E-state index in [4.69, 9.17) is 0 Å². The molecule has 0 saturated heterocycles. The molecule has 2 heteroatoms. The SMILES string of the molecule is Cc1ccc(Cn2c[n+](Cc3cccc(C)c3)c3ccccc32)cc1. The van der Waals surface area contributed by atoms with E-state index < -0.39 is 0 Å². The Kier molecular flexibility index (Phi) is 4.10. The zero-order chi connectivity index (χ0) is 17.2. The minimum absolute atomic E-state index is 0.890. The minimum atomic E-state index is 0.890. The van der Waals surface area contributed by atoms with Crippen molar-refractivity contribution in [3.8, 4) is 0 Å². The lowest BCUT2D eigenvalue weighted by Gasteiger charge is -2.00. The van der Waals surface area contributed by atoms with Crippen LogP contribution in [0.1, 0.15) is 22.3 Å². The smallest absolute Gasteiger partial charge is 0.226 e. The summed E-state index contributed by atoms with van der Waals surface area (Å²) in [6.07, 6.45) is 2.24. The second kappa shape index (κ2) is 6.56. The van der Waals surface area contributed by atoms with Crippen LogP contribution in [0.5, 0.6) is 0 Å². The summed E-state index contributed by atoms with van der Waals surface area (Å²) in [7, 11) is 0. The highest BCUT2D eigenvalue weighted by Crippen LogP contribution is 2.15. The van der Waals surface area contributed by atoms with Gasteiger partial charge in [0.2, 0.25) is 6.33 Å². The van der Waals surface area contributed by atoms with Crippen molar-refractivity contribution in [3.05, 3.63) is 101 Å². The summed E-state index contributed by atoms with van der Waals surface area (Å²) >= 11 is 0. The molecule has 0 saturated carbocycles. The van der Waals surface area contributed by atoms with E-state index in [-0.39, 0.29) is 0 Å². The van der Waals surface area contributed by atoms with Crippen molar-refractivity contribution in [2.45, 2.75) is 26.9 Å². The number of rotatable bonds is 4. The van der Waals surface area contributed by atoms with Crippen molar-refractivity contribution in [3.63, 3.8) is 0 Å². The normalized spacial score (nSPS) is 11.1. The van der Waals surface area contributed by atoms with E-state index in [1.807, 2.05) is 0 Å². The average molecular weight is 327 g/mol. The molecule has 25 heavy (non-hydrogen) atoms. The van der Waals surface area contributed by atoms with E-state index in [1.54, 1.807) is 0 Å². The van der Waals surface area contributed by atoms with Gasteiger partial charge in [-0.2, -0.15) is 0 Å². The van der Waals surface area contributed by atoms with Gasteiger partial charge in [-0.05, 0) is 37.1 Å². The number of aromatic nitrogens is 2.